The molecule has 0 radical (unpaired) electrons. The molecule has 0 aromatic heterocycles. The van der Waals surface area contributed by atoms with Crippen molar-refractivity contribution in [1.82, 2.24) is 4.90 Å². The summed E-state index contributed by atoms with van der Waals surface area (Å²) in [5, 5.41) is 2.76. The largest absolute Gasteiger partial charge is 0.444 e. The van der Waals surface area contributed by atoms with Gasteiger partial charge in [0, 0.05) is 31.5 Å². The summed E-state index contributed by atoms with van der Waals surface area (Å²) in [4.78, 5) is 25.9. The van der Waals surface area contributed by atoms with Gasteiger partial charge in [-0.25, -0.2) is 9.59 Å². The van der Waals surface area contributed by atoms with Gasteiger partial charge in [-0.1, -0.05) is 11.6 Å². The number of hydrogen-bond donors (Lipinski definition) is 1. The van der Waals surface area contributed by atoms with Crippen LogP contribution in [0, 0.1) is 6.92 Å². The number of anilines is 1. The number of carbonyl (C=O) groups excluding carboxylic acids is 2. The predicted molar refractivity (Wildman–Crippen MR) is 90.0 cm³/mol. The Bertz CT molecular complexity index is 670. The van der Waals surface area contributed by atoms with Crippen molar-refractivity contribution in [2.24, 2.45) is 0 Å². The Kier molecular flexibility index (Phi) is 3.94. The van der Waals surface area contributed by atoms with Crippen LogP contribution in [0.1, 0.15) is 44.7 Å². The van der Waals surface area contributed by atoms with Crippen molar-refractivity contribution in [3.63, 3.8) is 0 Å². The molecular weight excluding hydrogens is 308 g/mol. The first kappa shape index (κ1) is 16.6. The lowest BCUT2D eigenvalue weighted by Crippen LogP contribution is -2.50. The van der Waals surface area contributed by atoms with E-state index in [0.29, 0.717) is 25.9 Å². The van der Waals surface area contributed by atoms with Crippen LogP contribution in [0.3, 0.4) is 0 Å². The Morgan fingerprint density at radius 3 is 2.58 bits per heavy atom. The first-order valence-corrected chi connectivity index (χ1v) is 8.28. The number of amides is 2. The predicted octanol–water partition coefficient (Wildman–Crippen LogP) is 3.78. The molecule has 1 N–H and O–H groups in total. The molecule has 0 atom stereocenters. The number of piperidine rings is 1. The number of ether oxygens (including phenoxy) is 2. The molecule has 2 heterocycles. The highest BCUT2D eigenvalue weighted by molar-refractivity contribution is 5.89. The van der Waals surface area contributed by atoms with E-state index < -0.39 is 17.3 Å². The number of nitrogens with one attached hydrogen (secondary N) is 1. The summed E-state index contributed by atoms with van der Waals surface area (Å²) < 4.78 is 11.1. The number of carbonyl (C=O) groups is 2. The van der Waals surface area contributed by atoms with Gasteiger partial charge in [-0.2, -0.15) is 0 Å². The average molecular weight is 332 g/mol. The summed E-state index contributed by atoms with van der Waals surface area (Å²) >= 11 is 0. The normalized spacial score (nSPS) is 19.3. The Morgan fingerprint density at radius 1 is 1.29 bits per heavy atom. The van der Waals surface area contributed by atoms with E-state index in [1.165, 1.54) is 0 Å². The van der Waals surface area contributed by atoms with Crippen molar-refractivity contribution in [2.75, 3.05) is 18.4 Å². The van der Waals surface area contributed by atoms with Gasteiger partial charge < -0.3 is 14.4 Å². The molecule has 0 bridgehead atoms. The minimum absolute atomic E-state index is 0.318. The minimum atomic E-state index is -0.664. The molecule has 2 amide bonds. The highest BCUT2D eigenvalue weighted by Gasteiger charge is 2.45. The second kappa shape index (κ2) is 5.69. The molecule has 1 spiro atoms. The van der Waals surface area contributed by atoms with Crippen molar-refractivity contribution < 1.29 is 19.1 Å². The Balaban J connectivity index is 1.79. The minimum Gasteiger partial charge on any atom is -0.444 e. The number of nitrogens with zero attached hydrogens (tertiary/aromatic N) is 1. The lowest BCUT2D eigenvalue weighted by Gasteiger charge is -2.44. The summed E-state index contributed by atoms with van der Waals surface area (Å²) in [7, 11) is 0. The summed E-state index contributed by atoms with van der Waals surface area (Å²) in [6.45, 7) is 8.56. The van der Waals surface area contributed by atoms with E-state index in [0.717, 1.165) is 16.8 Å². The lowest BCUT2D eigenvalue weighted by atomic mass is 9.82. The zero-order chi connectivity index (χ0) is 17.5. The third kappa shape index (κ3) is 3.18. The molecule has 1 fully saturated rings. The van der Waals surface area contributed by atoms with Crippen LogP contribution in [0.25, 0.3) is 0 Å². The highest BCUT2D eigenvalue weighted by atomic mass is 16.6. The third-order valence-electron chi connectivity index (χ3n) is 4.41. The standard InChI is InChI=1S/C18H24N2O4/c1-12-5-6-14-13(11-12)18(23-15(21)19-14)7-9-20(10-8-18)16(22)24-17(2,3)4/h5-6,11H,7-10H2,1-4H3,(H,19,21). The lowest BCUT2D eigenvalue weighted by molar-refractivity contribution is -0.0439. The maximum Gasteiger partial charge on any atom is 0.412 e. The number of hydrogen-bond acceptors (Lipinski definition) is 4. The van der Waals surface area contributed by atoms with Crippen LogP contribution >= 0.6 is 0 Å². The van der Waals surface area contributed by atoms with E-state index in [9.17, 15) is 9.59 Å². The van der Waals surface area contributed by atoms with Gasteiger partial charge in [-0.05, 0) is 39.8 Å². The van der Waals surface area contributed by atoms with Crippen LogP contribution in [-0.2, 0) is 15.1 Å². The molecule has 24 heavy (non-hydrogen) atoms. The molecule has 3 rings (SSSR count). The second-order valence-electron chi connectivity index (χ2n) is 7.53. The van der Waals surface area contributed by atoms with Crippen LogP contribution in [0.15, 0.2) is 18.2 Å². The van der Waals surface area contributed by atoms with Crippen LogP contribution in [0.2, 0.25) is 0 Å². The number of fused-ring (bicyclic) bond motifs is 2. The molecule has 1 saturated heterocycles. The smallest absolute Gasteiger partial charge is 0.412 e. The van der Waals surface area contributed by atoms with Gasteiger partial charge in [0.15, 0.2) is 0 Å². The SMILES string of the molecule is Cc1ccc2c(c1)C1(CCN(C(=O)OC(C)(C)C)CC1)OC(=O)N2. The van der Waals surface area contributed by atoms with Crippen LogP contribution in [0.4, 0.5) is 15.3 Å². The Labute approximate surface area is 142 Å². The number of benzene rings is 1. The van der Waals surface area contributed by atoms with E-state index in [-0.39, 0.29) is 6.09 Å². The first-order valence-electron chi connectivity index (χ1n) is 8.28. The van der Waals surface area contributed by atoms with E-state index >= 15 is 0 Å². The zero-order valence-corrected chi connectivity index (χ0v) is 14.6. The molecule has 2 aliphatic rings. The third-order valence-corrected chi connectivity index (χ3v) is 4.41. The maximum absolute atomic E-state index is 12.2. The molecule has 1 aromatic rings. The Morgan fingerprint density at radius 2 is 1.96 bits per heavy atom. The van der Waals surface area contributed by atoms with E-state index in [2.05, 4.69) is 11.4 Å². The summed E-state index contributed by atoms with van der Waals surface area (Å²) in [6.07, 6.45) is 0.380. The van der Waals surface area contributed by atoms with Gasteiger partial charge in [0.1, 0.15) is 11.2 Å². The highest BCUT2D eigenvalue weighted by Crippen LogP contribution is 2.43. The van der Waals surface area contributed by atoms with Crippen LogP contribution < -0.4 is 5.32 Å². The van der Waals surface area contributed by atoms with Gasteiger partial charge in [0.25, 0.3) is 0 Å². The molecule has 6 heteroatoms. The second-order valence-corrected chi connectivity index (χ2v) is 7.53. The first-order chi connectivity index (χ1) is 11.2. The average Bonchev–Trinajstić information content (AvgIpc) is 2.47. The zero-order valence-electron chi connectivity index (χ0n) is 14.6. The van der Waals surface area contributed by atoms with Crippen molar-refractivity contribution >= 4 is 17.9 Å². The molecule has 6 nitrogen and oxygen atoms in total. The maximum atomic E-state index is 12.2. The van der Waals surface area contributed by atoms with E-state index in [1.807, 2.05) is 39.8 Å². The number of aryl methyl sites for hydroxylation is 1. The molecule has 130 valence electrons. The fourth-order valence-corrected chi connectivity index (χ4v) is 3.26. The molecule has 0 unspecified atom stereocenters. The van der Waals surface area contributed by atoms with Crippen molar-refractivity contribution in [2.45, 2.75) is 51.7 Å². The van der Waals surface area contributed by atoms with E-state index in [1.54, 1.807) is 4.90 Å². The van der Waals surface area contributed by atoms with Crippen molar-refractivity contribution in [3.05, 3.63) is 29.3 Å². The molecule has 1 aromatic carbocycles. The number of rotatable bonds is 0. The topological polar surface area (TPSA) is 67.9 Å². The molecule has 0 saturated carbocycles. The van der Waals surface area contributed by atoms with Gasteiger partial charge >= 0.3 is 12.2 Å². The van der Waals surface area contributed by atoms with Crippen molar-refractivity contribution in [3.8, 4) is 0 Å². The molecule has 2 aliphatic heterocycles. The van der Waals surface area contributed by atoms with Gasteiger partial charge in [0.2, 0.25) is 0 Å². The fraction of sp³-hybridized carbons (Fsp3) is 0.556. The van der Waals surface area contributed by atoms with Gasteiger partial charge in [0.05, 0.1) is 5.69 Å². The summed E-state index contributed by atoms with van der Waals surface area (Å²) in [5.41, 5.74) is 1.72. The van der Waals surface area contributed by atoms with E-state index in [4.69, 9.17) is 9.47 Å². The number of likely N-dealkylation sites (tertiary alicyclic amines) is 1. The van der Waals surface area contributed by atoms with Crippen LogP contribution in [-0.4, -0.2) is 35.8 Å². The summed E-state index contributed by atoms with van der Waals surface area (Å²) in [5.74, 6) is 0. The quantitative estimate of drug-likeness (QED) is 0.785. The summed E-state index contributed by atoms with van der Waals surface area (Å²) in [6, 6.07) is 5.93. The van der Waals surface area contributed by atoms with Gasteiger partial charge in [-0.3, -0.25) is 5.32 Å². The molecule has 0 aliphatic carbocycles. The monoisotopic (exact) mass is 332 g/mol. The Hall–Kier alpha value is -2.24. The van der Waals surface area contributed by atoms with Crippen LogP contribution in [0.5, 0.6) is 0 Å². The van der Waals surface area contributed by atoms with Crippen molar-refractivity contribution in [1.29, 1.82) is 0 Å². The molecular formula is C18H24N2O4. The van der Waals surface area contributed by atoms with Gasteiger partial charge in [-0.15, -0.1) is 0 Å². The fourth-order valence-electron chi connectivity index (χ4n) is 3.26.